The first-order valence-corrected chi connectivity index (χ1v) is 8.22. The summed E-state index contributed by atoms with van der Waals surface area (Å²) >= 11 is 0. The van der Waals surface area contributed by atoms with Crippen LogP contribution in [0.4, 0.5) is 6.01 Å². The van der Waals surface area contributed by atoms with Crippen molar-refractivity contribution in [2.24, 2.45) is 5.92 Å². The van der Waals surface area contributed by atoms with E-state index in [1.165, 1.54) is 13.1 Å². The second-order valence-electron chi connectivity index (χ2n) is 6.13. The minimum Gasteiger partial charge on any atom is -0.496 e. The second kappa shape index (κ2) is 8.82. The number of hydrogen-bond acceptors (Lipinski definition) is 6. The molecule has 2 aromatic rings. The third kappa shape index (κ3) is 4.62. The number of nitrogens with one attached hydrogen (secondary N) is 2. The van der Waals surface area contributed by atoms with Gasteiger partial charge in [-0.1, -0.05) is 0 Å². The molecule has 1 saturated heterocycles. The first-order chi connectivity index (χ1) is 12.1. The zero-order valence-corrected chi connectivity index (χ0v) is 15.5. The van der Waals surface area contributed by atoms with Crippen LogP contribution in [0, 0.1) is 5.92 Å². The van der Waals surface area contributed by atoms with Crippen LogP contribution in [0.1, 0.15) is 39.8 Å². The molecule has 26 heavy (non-hydrogen) atoms. The van der Waals surface area contributed by atoms with E-state index in [9.17, 15) is 9.59 Å². The molecule has 1 aliphatic rings. The van der Waals surface area contributed by atoms with Crippen LogP contribution in [-0.4, -0.2) is 36.9 Å². The molecule has 1 aliphatic heterocycles. The molecule has 2 N–H and O–H groups in total. The molecular weight excluding hydrogens is 358 g/mol. The molecular formula is C18H22ClN3O4. The van der Waals surface area contributed by atoms with Crippen molar-refractivity contribution >= 4 is 30.1 Å². The lowest BCUT2D eigenvalue weighted by Gasteiger charge is -2.13. The first kappa shape index (κ1) is 19.9. The van der Waals surface area contributed by atoms with Gasteiger partial charge in [-0.15, -0.1) is 12.4 Å². The number of carbonyl (C=O) groups excluding carboxylic acids is 2. The molecule has 3 rings (SSSR count). The van der Waals surface area contributed by atoms with Crippen molar-refractivity contribution in [3.05, 3.63) is 41.3 Å². The Morgan fingerprint density at radius 1 is 1.42 bits per heavy atom. The summed E-state index contributed by atoms with van der Waals surface area (Å²) in [6, 6.07) is 5.33. The molecule has 0 bridgehead atoms. The third-order valence-corrected chi connectivity index (χ3v) is 4.29. The fourth-order valence-corrected chi connectivity index (χ4v) is 2.94. The normalized spacial score (nSPS) is 16.0. The molecule has 0 radical (unpaired) electrons. The van der Waals surface area contributed by atoms with Crippen LogP contribution in [0.25, 0.3) is 0 Å². The van der Waals surface area contributed by atoms with Crippen LogP contribution in [-0.2, 0) is 6.42 Å². The summed E-state index contributed by atoms with van der Waals surface area (Å²) < 4.78 is 10.6. The van der Waals surface area contributed by atoms with E-state index < -0.39 is 0 Å². The number of anilines is 1. The molecule has 1 unspecified atom stereocenters. The summed E-state index contributed by atoms with van der Waals surface area (Å²) in [6.45, 7) is 3.37. The summed E-state index contributed by atoms with van der Waals surface area (Å²) in [7, 11) is 1.63. The van der Waals surface area contributed by atoms with Gasteiger partial charge in [-0.2, -0.15) is 0 Å². The average molecular weight is 380 g/mol. The average Bonchev–Trinajstić information content (AvgIpc) is 3.26. The minimum atomic E-state index is -0.342. The zero-order valence-electron chi connectivity index (χ0n) is 14.7. The van der Waals surface area contributed by atoms with Crippen molar-refractivity contribution in [2.45, 2.75) is 19.8 Å². The Morgan fingerprint density at radius 3 is 2.85 bits per heavy atom. The number of amides is 1. The van der Waals surface area contributed by atoms with Crippen LogP contribution < -0.4 is 15.4 Å². The van der Waals surface area contributed by atoms with Crippen molar-refractivity contribution < 1.29 is 18.7 Å². The number of aromatic nitrogens is 1. The molecule has 0 spiro atoms. The number of nitrogens with zero attached hydrogens (tertiary/aromatic N) is 1. The van der Waals surface area contributed by atoms with Gasteiger partial charge in [0.25, 0.3) is 5.91 Å². The molecule has 0 aliphatic carbocycles. The van der Waals surface area contributed by atoms with Gasteiger partial charge in [0, 0.05) is 12.5 Å². The molecule has 1 aromatic carbocycles. The predicted octanol–water partition coefficient (Wildman–Crippen LogP) is 2.71. The van der Waals surface area contributed by atoms with Gasteiger partial charge in [0.1, 0.15) is 5.75 Å². The lowest BCUT2D eigenvalue weighted by molar-refractivity contribution is 0.0980. The van der Waals surface area contributed by atoms with E-state index in [0.29, 0.717) is 11.5 Å². The van der Waals surface area contributed by atoms with Crippen LogP contribution in [0.3, 0.4) is 0 Å². The van der Waals surface area contributed by atoms with Gasteiger partial charge in [0.2, 0.25) is 0 Å². The number of Topliss-reactive ketones (excluding diaryl/α,β-unsaturated/α-hetero) is 1. The Bertz CT molecular complexity index is 784. The maximum atomic E-state index is 12.4. The number of carbonyl (C=O) groups is 2. The van der Waals surface area contributed by atoms with Gasteiger partial charge in [-0.05, 0) is 55.6 Å². The van der Waals surface area contributed by atoms with Crippen molar-refractivity contribution in [2.75, 3.05) is 25.5 Å². The van der Waals surface area contributed by atoms with Gasteiger partial charge >= 0.3 is 6.01 Å². The number of benzene rings is 1. The van der Waals surface area contributed by atoms with Crippen molar-refractivity contribution in [1.29, 1.82) is 0 Å². The number of oxazole rings is 1. The maximum absolute atomic E-state index is 12.4. The van der Waals surface area contributed by atoms with Crippen LogP contribution in [0.5, 0.6) is 5.75 Å². The number of halogens is 1. The molecule has 7 nitrogen and oxygen atoms in total. The van der Waals surface area contributed by atoms with E-state index in [2.05, 4.69) is 15.6 Å². The molecule has 1 aromatic heterocycles. The van der Waals surface area contributed by atoms with E-state index in [0.717, 1.165) is 37.2 Å². The van der Waals surface area contributed by atoms with Crippen molar-refractivity contribution in [3.63, 3.8) is 0 Å². The van der Waals surface area contributed by atoms with Gasteiger partial charge < -0.3 is 14.5 Å². The fraction of sp³-hybridized carbons (Fsp3) is 0.389. The van der Waals surface area contributed by atoms with Gasteiger partial charge in [0.15, 0.2) is 11.5 Å². The van der Waals surface area contributed by atoms with E-state index in [1.807, 2.05) is 6.07 Å². The van der Waals surface area contributed by atoms with Gasteiger partial charge in [-0.25, -0.2) is 4.98 Å². The Balaban J connectivity index is 0.00000243. The predicted molar refractivity (Wildman–Crippen MR) is 99.4 cm³/mol. The highest BCUT2D eigenvalue weighted by Crippen LogP contribution is 2.25. The topological polar surface area (TPSA) is 93.5 Å². The molecule has 1 amide bonds. The smallest absolute Gasteiger partial charge is 0.302 e. The number of methoxy groups -OCH3 is 1. The zero-order chi connectivity index (χ0) is 17.8. The lowest BCUT2D eigenvalue weighted by Crippen LogP contribution is -2.14. The summed E-state index contributed by atoms with van der Waals surface area (Å²) in [4.78, 5) is 27.6. The Kier molecular flexibility index (Phi) is 6.76. The van der Waals surface area contributed by atoms with Crippen LogP contribution >= 0.6 is 12.4 Å². The molecule has 1 atom stereocenters. The maximum Gasteiger partial charge on any atom is 0.302 e. The SMILES string of the molecule is COc1ccc(C(=O)Nc2ncc(C(C)=O)o2)cc1CC1CCNC1.Cl. The Hall–Kier alpha value is -2.38. The number of hydrogen-bond donors (Lipinski definition) is 2. The van der Waals surface area contributed by atoms with Crippen LogP contribution in [0.2, 0.25) is 0 Å². The van der Waals surface area contributed by atoms with E-state index >= 15 is 0 Å². The number of ketones is 1. The monoisotopic (exact) mass is 379 g/mol. The molecule has 1 fully saturated rings. The summed E-state index contributed by atoms with van der Waals surface area (Å²) in [5.41, 5.74) is 1.49. The summed E-state index contributed by atoms with van der Waals surface area (Å²) in [6.07, 6.45) is 3.26. The molecule has 8 heteroatoms. The van der Waals surface area contributed by atoms with E-state index in [4.69, 9.17) is 9.15 Å². The molecule has 2 heterocycles. The first-order valence-electron chi connectivity index (χ1n) is 8.22. The Labute approximate surface area is 157 Å². The highest BCUT2D eigenvalue weighted by Gasteiger charge is 2.19. The fourth-order valence-electron chi connectivity index (χ4n) is 2.94. The van der Waals surface area contributed by atoms with E-state index in [1.54, 1.807) is 19.2 Å². The second-order valence-corrected chi connectivity index (χ2v) is 6.13. The summed E-state index contributed by atoms with van der Waals surface area (Å²) in [5.74, 6) is 0.838. The van der Waals surface area contributed by atoms with Gasteiger partial charge in [0.05, 0.1) is 13.3 Å². The molecule has 0 saturated carbocycles. The largest absolute Gasteiger partial charge is 0.496 e. The lowest BCUT2D eigenvalue weighted by atomic mass is 9.96. The highest BCUT2D eigenvalue weighted by molar-refractivity contribution is 6.03. The standard InChI is InChI=1S/C18H21N3O4.ClH/c1-11(22)16-10-20-18(25-16)21-17(23)13-3-4-15(24-2)14(8-13)7-12-5-6-19-9-12;/h3-4,8,10,12,19H,5-7,9H2,1-2H3,(H,20,21,23);1H. The highest BCUT2D eigenvalue weighted by atomic mass is 35.5. The van der Waals surface area contributed by atoms with E-state index in [-0.39, 0.29) is 35.9 Å². The van der Waals surface area contributed by atoms with Gasteiger partial charge in [-0.3, -0.25) is 14.9 Å². The molecule has 140 valence electrons. The van der Waals surface area contributed by atoms with Crippen LogP contribution in [0.15, 0.2) is 28.8 Å². The number of ether oxygens (including phenoxy) is 1. The quantitative estimate of drug-likeness (QED) is 0.749. The van der Waals surface area contributed by atoms with Crippen molar-refractivity contribution in [1.82, 2.24) is 10.3 Å². The van der Waals surface area contributed by atoms with Crippen molar-refractivity contribution in [3.8, 4) is 5.75 Å². The third-order valence-electron chi connectivity index (χ3n) is 4.29. The summed E-state index contributed by atoms with van der Waals surface area (Å²) in [5, 5.41) is 5.91. The minimum absolute atomic E-state index is 0. The Morgan fingerprint density at radius 2 is 2.23 bits per heavy atom. The number of rotatable bonds is 6.